The van der Waals surface area contributed by atoms with E-state index in [1.807, 2.05) is 0 Å². The van der Waals surface area contributed by atoms with Gasteiger partial charge in [-0.2, -0.15) is 0 Å². The van der Waals surface area contributed by atoms with Gasteiger partial charge in [-0.1, -0.05) is 6.92 Å². The van der Waals surface area contributed by atoms with Crippen molar-refractivity contribution in [3.05, 3.63) is 0 Å². The number of rotatable bonds is 7. The van der Waals surface area contributed by atoms with Crippen LogP contribution < -0.4 is 5.32 Å². The Kier molecular flexibility index (Phi) is 5.90. The predicted molar refractivity (Wildman–Crippen MR) is 75.5 cm³/mol. The smallest absolute Gasteiger partial charge is 0.0123 e. The molecular formula is C14H31N3. The van der Waals surface area contributed by atoms with E-state index in [1.165, 1.54) is 32.5 Å². The van der Waals surface area contributed by atoms with Crippen LogP contribution in [0.5, 0.6) is 0 Å². The standard InChI is InChI=1S/C14H31N3/c1-6-14(2,3)15-8-10-17(5)12-13-7-9-16(4)11-13/h13,15H,6-12H2,1-5H3. The van der Waals surface area contributed by atoms with Gasteiger partial charge in [-0.15, -0.1) is 0 Å². The van der Waals surface area contributed by atoms with Gasteiger partial charge in [0.1, 0.15) is 0 Å². The molecule has 1 N–H and O–H groups in total. The van der Waals surface area contributed by atoms with Crippen LogP contribution in [0.4, 0.5) is 0 Å². The Bertz CT molecular complexity index is 216. The first-order valence-corrected chi connectivity index (χ1v) is 7.05. The second-order valence-corrected chi connectivity index (χ2v) is 6.34. The zero-order valence-electron chi connectivity index (χ0n) is 12.4. The van der Waals surface area contributed by atoms with Crippen LogP contribution in [0.2, 0.25) is 0 Å². The Labute approximate surface area is 108 Å². The summed E-state index contributed by atoms with van der Waals surface area (Å²) in [4.78, 5) is 4.92. The van der Waals surface area contributed by atoms with Crippen molar-refractivity contribution >= 4 is 0 Å². The molecule has 1 rings (SSSR count). The third kappa shape index (κ3) is 5.84. The van der Waals surface area contributed by atoms with E-state index in [9.17, 15) is 0 Å². The van der Waals surface area contributed by atoms with Crippen LogP contribution in [-0.4, -0.2) is 62.2 Å². The molecule has 1 atom stereocenters. The van der Waals surface area contributed by atoms with E-state index in [1.54, 1.807) is 0 Å². The summed E-state index contributed by atoms with van der Waals surface area (Å²) < 4.78 is 0. The van der Waals surface area contributed by atoms with Gasteiger partial charge in [-0.25, -0.2) is 0 Å². The molecule has 0 radical (unpaired) electrons. The van der Waals surface area contributed by atoms with Gasteiger partial charge >= 0.3 is 0 Å². The first-order chi connectivity index (χ1) is 7.93. The van der Waals surface area contributed by atoms with Crippen LogP contribution in [0, 0.1) is 5.92 Å². The highest BCUT2D eigenvalue weighted by Crippen LogP contribution is 2.14. The van der Waals surface area contributed by atoms with Gasteiger partial charge in [0.25, 0.3) is 0 Å². The molecule has 1 heterocycles. The fraction of sp³-hybridized carbons (Fsp3) is 1.00. The maximum atomic E-state index is 3.62. The number of nitrogens with one attached hydrogen (secondary N) is 1. The first-order valence-electron chi connectivity index (χ1n) is 7.05. The molecule has 3 nitrogen and oxygen atoms in total. The number of hydrogen-bond acceptors (Lipinski definition) is 3. The molecular weight excluding hydrogens is 210 g/mol. The Hall–Kier alpha value is -0.120. The molecule has 3 heteroatoms. The SMILES string of the molecule is CCC(C)(C)NCCN(C)CC1CCN(C)C1. The van der Waals surface area contributed by atoms with Crippen LogP contribution in [0.3, 0.4) is 0 Å². The van der Waals surface area contributed by atoms with E-state index >= 15 is 0 Å². The second kappa shape index (κ2) is 6.72. The van der Waals surface area contributed by atoms with E-state index < -0.39 is 0 Å². The zero-order chi connectivity index (χ0) is 12.9. The van der Waals surface area contributed by atoms with E-state index in [0.29, 0.717) is 0 Å². The minimum Gasteiger partial charge on any atom is -0.311 e. The highest BCUT2D eigenvalue weighted by Gasteiger charge is 2.20. The topological polar surface area (TPSA) is 18.5 Å². The van der Waals surface area contributed by atoms with Crippen molar-refractivity contribution in [2.45, 2.75) is 39.2 Å². The predicted octanol–water partition coefficient (Wildman–Crippen LogP) is 1.65. The van der Waals surface area contributed by atoms with Crippen molar-refractivity contribution in [3.63, 3.8) is 0 Å². The molecule has 0 aromatic heterocycles. The minimum absolute atomic E-state index is 0.286. The molecule has 1 aliphatic rings. The van der Waals surface area contributed by atoms with E-state index in [2.05, 4.69) is 50.0 Å². The van der Waals surface area contributed by atoms with Gasteiger partial charge in [-0.05, 0) is 53.2 Å². The fourth-order valence-electron chi connectivity index (χ4n) is 2.42. The number of hydrogen-bond donors (Lipinski definition) is 1. The van der Waals surface area contributed by atoms with Gasteiger partial charge in [0.05, 0.1) is 0 Å². The molecule has 0 aromatic carbocycles. The van der Waals surface area contributed by atoms with Gasteiger partial charge in [0.15, 0.2) is 0 Å². The summed E-state index contributed by atoms with van der Waals surface area (Å²) in [6.45, 7) is 12.9. The first kappa shape index (κ1) is 14.9. The minimum atomic E-state index is 0.286. The van der Waals surface area contributed by atoms with E-state index in [4.69, 9.17) is 0 Å². The Morgan fingerprint density at radius 3 is 2.65 bits per heavy atom. The Morgan fingerprint density at radius 1 is 1.41 bits per heavy atom. The third-order valence-corrected chi connectivity index (χ3v) is 4.04. The lowest BCUT2D eigenvalue weighted by molar-refractivity contribution is 0.259. The van der Waals surface area contributed by atoms with Crippen molar-refractivity contribution in [1.82, 2.24) is 15.1 Å². The molecule has 0 aromatic rings. The Morgan fingerprint density at radius 2 is 2.12 bits per heavy atom. The van der Waals surface area contributed by atoms with Crippen LogP contribution in [0.15, 0.2) is 0 Å². The third-order valence-electron chi connectivity index (χ3n) is 4.04. The van der Waals surface area contributed by atoms with Crippen molar-refractivity contribution in [2.75, 3.05) is 46.8 Å². The molecule has 0 amide bonds. The highest BCUT2D eigenvalue weighted by molar-refractivity contribution is 4.77. The molecule has 1 aliphatic heterocycles. The van der Waals surface area contributed by atoms with Crippen LogP contribution >= 0.6 is 0 Å². The molecule has 17 heavy (non-hydrogen) atoms. The number of likely N-dealkylation sites (N-methyl/N-ethyl adjacent to an activating group) is 1. The summed E-state index contributed by atoms with van der Waals surface area (Å²) >= 11 is 0. The van der Waals surface area contributed by atoms with Crippen molar-refractivity contribution in [3.8, 4) is 0 Å². The van der Waals surface area contributed by atoms with Gasteiger partial charge in [-0.3, -0.25) is 0 Å². The number of nitrogens with zero attached hydrogens (tertiary/aromatic N) is 2. The molecule has 1 saturated heterocycles. The maximum absolute atomic E-state index is 3.62. The molecule has 1 fully saturated rings. The van der Waals surface area contributed by atoms with Crippen molar-refractivity contribution in [2.24, 2.45) is 5.92 Å². The molecule has 0 saturated carbocycles. The van der Waals surface area contributed by atoms with Gasteiger partial charge in [0, 0.05) is 31.7 Å². The van der Waals surface area contributed by atoms with Gasteiger partial charge in [0.2, 0.25) is 0 Å². The Balaban J connectivity index is 2.11. The summed E-state index contributed by atoms with van der Waals surface area (Å²) in [5, 5.41) is 3.62. The largest absolute Gasteiger partial charge is 0.311 e. The summed E-state index contributed by atoms with van der Waals surface area (Å²) in [5.74, 6) is 0.879. The zero-order valence-corrected chi connectivity index (χ0v) is 12.4. The normalized spacial score (nSPS) is 22.6. The van der Waals surface area contributed by atoms with Crippen LogP contribution in [0.1, 0.15) is 33.6 Å². The lowest BCUT2D eigenvalue weighted by Gasteiger charge is -2.27. The molecule has 102 valence electrons. The average Bonchev–Trinajstić information content (AvgIpc) is 2.63. The van der Waals surface area contributed by atoms with E-state index in [-0.39, 0.29) is 5.54 Å². The van der Waals surface area contributed by atoms with Crippen LogP contribution in [0.25, 0.3) is 0 Å². The second-order valence-electron chi connectivity index (χ2n) is 6.34. The maximum Gasteiger partial charge on any atom is 0.0123 e. The number of likely N-dealkylation sites (tertiary alicyclic amines) is 1. The summed E-state index contributed by atoms with van der Waals surface area (Å²) in [7, 11) is 4.48. The van der Waals surface area contributed by atoms with Crippen LogP contribution in [-0.2, 0) is 0 Å². The highest BCUT2D eigenvalue weighted by atomic mass is 15.2. The molecule has 0 aliphatic carbocycles. The lowest BCUT2D eigenvalue weighted by atomic mass is 10.0. The summed E-state index contributed by atoms with van der Waals surface area (Å²) in [5.41, 5.74) is 0.286. The van der Waals surface area contributed by atoms with Gasteiger partial charge < -0.3 is 15.1 Å². The molecule has 1 unspecified atom stereocenters. The molecule has 0 bridgehead atoms. The quantitative estimate of drug-likeness (QED) is 0.731. The summed E-state index contributed by atoms with van der Waals surface area (Å²) in [6, 6.07) is 0. The monoisotopic (exact) mass is 241 g/mol. The van der Waals surface area contributed by atoms with Crippen molar-refractivity contribution in [1.29, 1.82) is 0 Å². The molecule has 0 spiro atoms. The fourth-order valence-corrected chi connectivity index (χ4v) is 2.42. The summed E-state index contributed by atoms with van der Waals surface area (Å²) in [6.07, 6.45) is 2.55. The average molecular weight is 241 g/mol. The van der Waals surface area contributed by atoms with E-state index in [0.717, 1.165) is 19.0 Å². The van der Waals surface area contributed by atoms with Crippen molar-refractivity contribution < 1.29 is 0 Å². The lowest BCUT2D eigenvalue weighted by Crippen LogP contribution is -2.43.